The molecule has 2 aliphatic carbocycles. The largest absolute Gasteiger partial charge is 0.378 e. The average molecular weight is 466 g/mol. The number of primary amides is 1. The molecule has 3 aromatic heterocycles. The molecule has 4 atom stereocenters. The normalized spacial score (nSPS) is 26.3. The Hall–Kier alpha value is -3.17. The van der Waals surface area contributed by atoms with Crippen molar-refractivity contribution in [3.05, 3.63) is 41.7 Å². The van der Waals surface area contributed by atoms with Gasteiger partial charge < -0.3 is 25.7 Å². The van der Waals surface area contributed by atoms with Gasteiger partial charge in [0.25, 0.3) is 0 Å². The van der Waals surface area contributed by atoms with Crippen molar-refractivity contribution in [3.63, 3.8) is 0 Å². The zero-order valence-corrected chi connectivity index (χ0v) is 18.6. The molecule has 33 heavy (non-hydrogen) atoms. The molecule has 1 saturated carbocycles. The van der Waals surface area contributed by atoms with Gasteiger partial charge in [-0.15, -0.1) is 0 Å². The molecule has 2 fully saturated rings. The van der Waals surface area contributed by atoms with Gasteiger partial charge in [-0.25, -0.2) is 15.0 Å². The highest BCUT2D eigenvalue weighted by Crippen LogP contribution is 2.46. The fourth-order valence-corrected chi connectivity index (χ4v) is 5.51. The number of anilines is 2. The third-order valence-corrected chi connectivity index (χ3v) is 7.21. The number of aromatic amines is 1. The molecule has 2 bridgehead atoms. The number of morpholine rings is 1. The van der Waals surface area contributed by atoms with Crippen LogP contribution < -0.4 is 16.0 Å². The van der Waals surface area contributed by atoms with Crippen LogP contribution in [0.25, 0.3) is 22.6 Å². The van der Waals surface area contributed by atoms with Crippen LogP contribution in [0.5, 0.6) is 0 Å². The molecule has 6 rings (SSSR count). The number of amides is 1. The van der Waals surface area contributed by atoms with Crippen LogP contribution in [0.4, 0.5) is 11.5 Å². The summed E-state index contributed by atoms with van der Waals surface area (Å²) in [5.74, 6) is 1.43. The highest BCUT2D eigenvalue weighted by molar-refractivity contribution is 6.34. The number of nitrogens with two attached hydrogens (primary N) is 1. The number of fused-ring (bicyclic) bond motifs is 3. The van der Waals surface area contributed by atoms with Crippen molar-refractivity contribution in [2.24, 2.45) is 23.5 Å². The first-order chi connectivity index (χ1) is 16.1. The van der Waals surface area contributed by atoms with Crippen LogP contribution >= 0.6 is 11.6 Å². The Kier molecular flexibility index (Phi) is 4.95. The molecule has 3 aliphatic rings. The number of carbonyl (C=O) groups excluding carboxylic acids is 1. The maximum absolute atomic E-state index is 12.2. The van der Waals surface area contributed by atoms with Crippen LogP contribution in [0.3, 0.4) is 0 Å². The number of pyridine rings is 2. The van der Waals surface area contributed by atoms with Crippen LogP contribution in [-0.4, -0.2) is 58.2 Å². The number of hydrogen-bond donors (Lipinski definition) is 3. The van der Waals surface area contributed by atoms with Crippen LogP contribution in [0.1, 0.15) is 6.42 Å². The Morgan fingerprint density at radius 1 is 1.24 bits per heavy atom. The van der Waals surface area contributed by atoms with E-state index in [4.69, 9.17) is 27.1 Å². The summed E-state index contributed by atoms with van der Waals surface area (Å²) < 4.78 is 5.45. The van der Waals surface area contributed by atoms with Crippen LogP contribution in [0, 0.1) is 17.8 Å². The number of aromatic nitrogens is 4. The third kappa shape index (κ3) is 3.52. The van der Waals surface area contributed by atoms with Crippen molar-refractivity contribution in [1.82, 2.24) is 19.9 Å². The van der Waals surface area contributed by atoms with Gasteiger partial charge in [0.05, 0.1) is 36.0 Å². The van der Waals surface area contributed by atoms with Gasteiger partial charge >= 0.3 is 0 Å². The number of carbonyl (C=O) groups is 1. The average Bonchev–Trinajstić information content (AvgIpc) is 3.56. The van der Waals surface area contributed by atoms with Crippen molar-refractivity contribution >= 4 is 40.2 Å². The van der Waals surface area contributed by atoms with Gasteiger partial charge in [0.15, 0.2) is 5.65 Å². The fourth-order valence-electron chi connectivity index (χ4n) is 5.32. The summed E-state index contributed by atoms with van der Waals surface area (Å²) >= 11 is 6.56. The molecule has 10 heteroatoms. The molecular weight excluding hydrogens is 442 g/mol. The van der Waals surface area contributed by atoms with Gasteiger partial charge in [-0.1, -0.05) is 23.8 Å². The van der Waals surface area contributed by atoms with Crippen molar-refractivity contribution in [2.75, 3.05) is 36.5 Å². The monoisotopic (exact) mass is 465 g/mol. The van der Waals surface area contributed by atoms with E-state index in [9.17, 15) is 4.79 Å². The Balaban J connectivity index is 1.35. The number of ether oxygens (including phenoxy) is 1. The van der Waals surface area contributed by atoms with Crippen LogP contribution in [0.15, 0.2) is 36.7 Å². The van der Waals surface area contributed by atoms with E-state index < -0.39 is 0 Å². The number of allylic oxidation sites excluding steroid dienone is 1. The van der Waals surface area contributed by atoms with E-state index >= 15 is 0 Å². The van der Waals surface area contributed by atoms with E-state index in [2.05, 4.69) is 37.3 Å². The zero-order valence-electron chi connectivity index (χ0n) is 17.9. The molecule has 0 spiro atoms. The second kappa shape index (κ2) is 8.00. The van der Waals surface area contributed by atoms with Crippen LogP contribution in [-0.2, 0) is 9.53 Å². The Morgan fingerprint density at radius 2 is 2.06 bits per heavy atom. The summed E-state index contributed by atoms with van der Waals surface area (Å²) in [6.07, 6.45) is 8.56. The summed E-state index contributed by atoms with van der Waals surface area (Å²) in [5, 5.41) is 3.98. The second-order valence-corrected chi connectivity index (χ2v) is 9.22. The van der Waals surface area contributed by atoms with E-state index in [1.165, 1.54) is 0 Å². The minimum Gasteiger partial charge on any atom is -0.378 e. The molecule has 0 radical (unpaired) electrons. The molecule has 4 N–H and O–H groups in total. The summed E-state index contributed by atoms with van der Waals surface area (Å²) in [4.78, 5) is 31.4. The molecule has 1 aliphatic heterocycles. The highest BCUT2D eigenvalue weighted by atomic mass is 35.5. The first-order valence-corrected chi connectivity index (χ1v) is 11.5. The summed E-state index contributed by atoms with van der Waals surface area (Å²) in [7, 11) is 0. The quantitative estimate of drug-likeness (QED) is 0.495. The Morgan fingerprint density at radius 3 is 2.88 bits per heavy atom. The summed E-state index contributed by atoms with van der Waals surface area (Å²) in [5.41, 5.74) is 8.60. The first-order valence-electron chi connectivity index (χ1n) is 11.2. The summed E-state index contributed by atoms with van der Waals surface area (Å²) in [6, 6.07) is 3.82. The molecule has 4 heterocycles. The molecular formula is C23H24ClN7O2. The topological polar surface area (TPSA) is 122 Å². The zero-order chi connectivity index (χ0) is 22.5. The highest BCUT2D eigenvalue weighted by Gasteiger charge is 2.47. The lowest BCUT2D eigenvalue weighted by atomic mass is 9.88. The van der Waals surface area contributed by atoms with Gasteiger partial charge in [-0.3, -0.25) is 4.79 Å². The first kappa shape index (κ1) is 20.4. The number of nitrogens with one attached hydrogen (secondary N) is 2. The molecule has 0 unspecified atom stereocenters. The molecule has 3 aromatic rings. The van der Waals surface area contributed by atoms with Gasteiger partial charge in [-0.05, 0) is 30.4 Å². The molecule has 0 aromatic carbocycles. The molecule has 1 amide bonds. The number of halogens is 1. The number of imidazole rings is 1. The van der Waals surface area contributed by atoms with E-state index in [0.29, 0.717) is 40.9 Å². The SMILES string of the molecule is NC(=O)[C@@H]1[C@H](Nc2c(Cl)cnc3nc(-c4ccnc(N5CCOCC5)c4)[nH]c23)[C@@H]2C=C[C@@H]1C2. The van der Waals surface area contributed by atoms with Crippen LogP contribution in [0.2, 0.25) is 5.02 Å². The number of rotatable bonds is 5. The minimum absolute atomic E-state index is 0.110. The third-order valence-electron chi connectivity index (χ3n) is 6.93. The molecule has 170 valence electrons. The second-order valence-electron chi connectivity index (χ2n) is 8.81. The van der Waals surface area contributed by atoms with Gasteiger partial charge in [0.1, 0.15) is 17.2 Å². The fraction of sp³-hybridized carbons (Fsp3) is 0.391. The summed E-state index contributed by atoms with van der Waals surface area (Å²) in [6.45, 7) is 3.00. The van der Waals surface area contributed by atoms with Gasteiger partial charge in [0.2, 0.25) is 5.91 Å². The molecule has 1 saturated heterocycles. The lowest BCUT2D eigenvalue weighted by Crippen LogP contribution is -2.41. The lowest BCUT2D eigenvalue weighted by molar-refractivity contribution is -0.122. The van der Waals surface area contributed by atoms with Crippen molar-refractivity contribution in [2.45, 2.75) is 12.5 Å². The lowest BCUT2D eigenvalue weighted by Gasteiger charge is -2.28. The standard InChI is InChI=1S/C23H24ClN7O2/c24-15-11-27-23-20(19(15)28-18-13-2-1-12(9-13)17(18)21(25)32)29-22(30-23)14-3-4-26-16(10-14)31-5-7-33-8-6-31/h1-4,10-13,17-18H,5-9H2,(H2,25,32)(H2,27,28,29,30)/t12-,13-,17+,18-/m1/s1. The van der Waals surface area contributed by atoms with Gasteiger partial charge in [0, 0.05) is 30.9 Å². The van der Waals surface area contributed by atoms with Crippen molar-refractivity contribution in [3.8, 4) is 11.4 Å². The number of nitrogens with zero attached hydrogens (tertiary/aromatic N) is 4. The number of hydrogen-bond acceptors (Lipinski definition) is 7. The Bertz CT molecular complexity index is 1250. The van der Waals surface area contributed by atoms with E-state index in [1.807, 2.05) is 12.1 Å². The maximum atomic E-state index is 12.2. The van der Waals surface area contributed by atoms with E-state index in [-0.39, 0.29) is 29.7 Å². The maximum Gasteiger partial charge on any atom is 0.223 e. The predicted octanol–water partition coefficient (Wildman–Crippen LogP) is 2.60. The predicted molar refractivity (Wildman–Crippen MR) is 126 cm³/mol. The Labute approximate surface area is 195 Å². The van der Waals surface area contributed by atoms with E-state index in [0.717, 1.165) is 30.9 Å². The smallest absolute Gasteiger partial charge is 0.223 e. The minimum atomic E-state index is -0.288. The van der Waals surface area contributed by atoms with Gasteiger partial charge in [-0.2, -0.15) is 0 Å². The van der Waals surface area contributed by atoms with E-state index in [1.54, 1.807) is 12.4 Å². The van der Waals surface area contributed by atoms with Crippen molar-refractivity contribution < 1.29 is 9.53 Å². The van der Waals surface area contributed by atoms with Crippen molar-refractivity contribution in [1.29, 1.82) is 0 Å². The number of H-pyrrole nitrogens is 1. The molecule has 9 nitrogen and oxygen atoms in total.